The number of oxazole rings is 1. The number of benzene rings is 1. The molecule has 0 bridgehead atoms. The van der Waals surface area contributed by atoms with Gasteiger partial charge in [-0.2, -0.15) is 0 Å². The largest absolute Gasteiger partial charge is 0.496 e. The Balaban J connectivity index is 1.65. The first-order chi connectivity index (χ1) is 11.2. The van der Waals surface area contributed by atoms with E-state index < -0.39 is 0 Å². The van der Waals surface area contributed by atoms with Crippen molar-refractivity contribution in [2.24, 2.45) is 0 Å². The first-order valence-electron chi connectivity index (χ1n) is 7.08. The molecule has 1 amide bonds. The van der Waals surface area contributed by atoms with Crippen molar-refractivity contribution in [3.8, 4) is 16.5 Å². The normalized spacial score (nSPS) is 10.5. The van der Waals surface area contributed by atoms with Crippen LogP contribution in [0.2, 0.25) is 0 Å². The van der Waals surface area contributed by atoms with Crippen LogP contribution in [-0.4, -0.2) is 18.0 Å². The minimum Gasteiger partial charge on any atom is -0.496 e. The highest BCUT2D eigenvalue weighted by Crippen LogP contribution is 2.23. The maximum absolute atomic E-state index is 12.2. The number of nitrogens with zero attached hydrogens (tertiary/aromatic N) is 1. The summed E-state index contributed by atoms with van der Waals surface area (Å²) in [7, 11) is 1.59. The van der Waals surface area contributed by atoms with Crippen LogP contribution in [0.3, 0.4) is 0 Å². The monoisotopic (exact) mass is 328 g/mol. The van der Waals surface area contributed by atoms with Gasteiger partial charge in [-0.05, 0) is 36.1 Å². The summed E-state index contributed by atoms with van der Waals surface area (Å²) >= 11 is 1.56. The second-order valence-corrected chi connectivity index (χ2v) is 5.94. The van der Waals surface area contributed by atoms with Gasteiger partial charge < -0.3 is 14.5 Å². The first kappa shape index (κ1) is 15.3. The van der Waals surface area contributed by atoms with E-state index in [1.165, 1.54) is 0 Å². The molecule has 0 saturated heterocycles. The number of nitrogens with one attached hydrogen (secondary N) is 1. The molecule has 2 aromatic heterocycles. The number of aryl methyl sites for hydroxylation is 1. The summed E-state index contributed by atoms with van der Waals surface area (Å²) in [5.41, 5.74) is 2.22. The standard InChI is InChI=1S/C17H16N2O3S/c1-11-5-6-12(8-14(11)21-2)16(20)18-9-13-10-22-17(19-13)15-4-3-7-23-15/h3-8,10H,9H2,1-2H3,(H,18,20). The van der Waals surface area contributed by atoms with Crippen molar-refractivity contribution in [3.05, 3.63) is 58.8 Å². The zero-order valence-corrected chi connectivity index (χ0v) is 13.6. The van der Waals surface area contributed by atoms with Crippen molar-refractivity contribution in [2.45, 2.75) is 13.5 Å². The molecule has 0 saturated carbocycles. The third kappa shape index (κ3) is 3.43. The lowest BCUT2D eigenvalue weighted by atomic mass is 10.1. The number of carbonyl (C=O) groups is 1. The number of amides is 1. The van der Waals surface area contributed by atoms with E-state index >= 15 is 0 Å². The van der Waals surface area contributed by atoms with E-state index in [0.29, 0.717) is 29.4 Å². The van der Waals surface area contributed by atoms with Crippen molar-refractivity contribution >= 4 is 17.2 Å². The Kier molecular flexibility index (Phi) is 4.43. The molecule has 1 N–H and O–H groups in total. The minimum atomic E-state index is -0.177. The van der Waals surface area contributed by atoms with Crippen LogP contribution in [0.1, 0.15) is 21.6 Å². The molecule has 0 aliphatic carbocycles. The predicted octanol–water partition coefficient (Wildman–Crippen LogP) is 3.65. The molecule has 0 unspecified atom stereocenters. The van der Waals surface area contributed by atoms with Crippen molar-refractivity contribution in [1.29, 1.82) is 0 Å². The highest BCUT2D eigenvalue weighted by molar-refractivity contribution is 7.13. The lowest BCUT2D eigenvalue weighted by molar-refractivity contribution is 0.0950. The van der Waals surface area contributed by atoms with E-state index in [2.05, 4.69) is 10.3 Å². The van der Waals surface area contributed by atoms with Crippen LogP contribution in [0.25, 0.3) is 10.8 Å². The fraction of sp³-hybridized carbons (Fsp3) is 0.176. The first-order valence-corrected chi connectivity index (χ1v) is 7.96. The Bertz CT molecular complexity index is 809. The molecule has 118 valence electrons. The lowest BCUT2D eigenvalue weighted by Crippen LogP contribution is -2.23. The SMILES string of the molecule is COc1cc(C(=O)NCc2coc(-c3cccs3)n2)ccc1C. The van der Waals surface area contributed by atoms with Crippen molar-refractivity contribution in [1.82, 2.24) is 10.3 Å². The number of ether oxygens (including phenoxy) is 1. The van der Waals surface area contributed by atoms with Gasteiger partial charge >= 0.3 is 0 Å². The summed E-state index contributed by atoms with van der Waals surface area (Å²) in [6.07, 6.45) is 1.56. The van der Waals surface area contributed by atoms with Crippen LogP contribution < -0.4 is 10.1 Å². The topological polar surface area (TPSA) is 64.4 Å². The van der Waals surface area contributed by atoms with Gasteiger partial charge in [0, 0.05) is 5.56 Å². The van der Waals surface area contributed by atoms with E-state index in [1.54, 1.807) is 36.8 Å². The Morgan fingerprint density at radius 1 is 1.39 bits per heavy atom. The Morgan fingerprint density at radius 2 is 2.26 bits per heavy atom. The third-order valence-corrected chi connectivity index (χ3v) is 4.24. The average molecular weight is 328 g/mol. The summed E-state index contributed by atoms with van der Waals surface area (Å²) in [5.74, 6) is 1.09. The van der Waals surface area contributed by atoms with Gasteiger partial charge in [0.1, 0.15) is 12.0 Å². The minimum absolute atomic E-state index is 0.177. The van der Waals surface area contributed by atoms with E-state index in [-0.39, 0.29) is 5.91 Å². The molecule has 0 fully saturated rings. The Labute approximate surface area is 137 Å². The molecular formula is C17H16N2O3S. The maximum atomic E-state index is 12.2. The summed E-state index contributed by atoms with van der Waals surface area (Å²) in [6.45, 7) is 2.24. The molecule has 23 heavy (non-hydrogen) atoms. The number of hydrogen-bond donors (Lipinski definition) is 1. The predicted molar refractivity (Wildman–Crippen MR) is 88.7 cm³/mol. The fourth-order valence-corrected chi connectivity index (χ4v) is 2.79. The van der Waals surface area contributed by atoms with Crippen molar-refractivity contribution in [2.75, 3.05) is 7.11 Å². The second-order valence-electron chi connectivity index (χ2n) is 4.99. The van der Waals surface area contributed by atoms with Crippen molar-refractivity contribution in [3.63, 3.8) is 0 Å². The summed E-state index contributed by atoms with van der Waals surface area (Å²) in [4.78, 5) is 17.5. The molecule has 5 nitrogen and oxygen atoms in total. The maximum Gasteiger partial charge on any atom is 0.251 e. The summed E-state index contributed by atoms with van der Waals surface area (Å²) < 4.78 is 10.7. The lowest BCUT2D eigenvalue weighted by Gasteiger charge is -2.07. The highest BCUT2D eigenvalue weighted by atomic mass is 32.1. The van der Waals surface area contributed by atoms with Gasteiger partial charge in [0.2, 0.25) is 5.89 Å². The molecule has 0 radical (unpaired) electrons. The highest BCUT2D eigenvalue weighted by Gasteiger charge is 2.11. The van der Waals surface area contributed by atoms with Gasteiger partial charge in [-0.1, -0.05) is 12.1 Å². The molecule has 6 heteroatoms. The van der Waals surface area contributed by atoms with E-state index in [0.717, 1.165) is 10.4 Å². The molecule has 0 aliphatic rings. The van der Waals surface area contributed by atoms with Crippen molar-refractivity contribution < 1.29 is 13.9 Å². The van der Waals surface area contributed by atoms with Crippen LogP contribution in [0, 0.1) is 6.92 Å². The molecule has 0 aliphatic heterocycles. The number of thiophene rings is 1. The van der Waals surface area contributed by atoms with Gasteiger partial charge in [0.05, 0.1) is 24.2 Å². The summed E-state index contributed by atoms with van der Waals surface area (Å²) in [6, 6.07) is 9.24. The van der Waals surface area contributed by atoms with Gasteiger partial charge in [0.25, 0.3) is 5.91 Å². The van der Waals surface area contributed by atoms with Crippen LogP contribution in [0.5, 0.6) is 5.75 Å². The number of hydrogen-bond acceptors (Lipinski definition) is 5. The van der Waals surface area contributed by atoms with Crippen LogP contribution in [0.4, 0.5) is 0 Å². The second kappa shape index (κ2) is 6.66. The molecule has 3 aromatic rings. The molecule has 1 aromatic carbocycles. The van der Waals surface area contributed by atoms with E-state index in [1.807, 2.05) is 30.5 Å². The smallest absolute Gasteiger partial charge is 0.251 e. The molecule has 0 spiro atoms. The quantitative estimate of drug-likeness (QED) is 0.776. The van der Waals surface area contributed by atoms with Gasteiger partial charge in [-0.25, -0.2) is 4.98 Å². The van der Waals surface area contributed by atoms with Crippen LogP contribution in [-0.2, 0) is 6.54 Å². The van der Waals surface area contributed by atoms with Gasteiger partial charge in [-0.15, -0.1) is 11.3 Å². The molecular weight excluding hydrogens is 312 g/mol. The number of methoxy groups -OCH3 is 1. The molecule has 3 rings (SSSR count). The fourth-order valence-electron chi connectivity index (χ4n) is 2.14. The number of aromatic nitrogens is 1. The Hall–Kier alpha value is -2.60. The summed E-state index contributed by atoms with van der Waals surface area (Å²) in [5, 5.41) is 4.80. The molecule has 2 heterocycles. The van der Waals surface area contributed by atoms with Gasteiger partial charge in [0.15, 0.2) is 0 Å². The zero-order chi connectivity index (χ0) is 16.2. The van der Waals surface area contributed by atoms with E-state index in [4.69, 9.17) is 9.15 Å². The Morgan fingerprint density at radius 3 is 3.00 bits per heavy atom. The zero-order valence-electron chi connectivity index (χ0n) is 12.8. The van der Waals surface area contributed by atoms with E-state index in [9.17, 15) is 4.79 Å². The van der Waals surface area contributed by atoms with Crippen LogP contribution >= 0.6 is 11.3 Å². The molecule has 0 atom stereocenters. The van der Waals surface area contributed by atoms with Crippen LogP contribution in [0.15, 0.2) is 46.4 Å². The van der Waals surface area contributed by atoms with Gasteiger partial charge in [-0.3, -0.25) is 4.79 Å². The number of carbonyl (C=O) groups excluding carboxylic acids is 1. The number of rotatable bonds is 5. The third-order valence-electron chi connectivity index (χ3n) is 3.38. The average Bonchev–Trinajstić information content (AvgIpc) is 3.24.